The van der Waals surface area contributed by atoms with E-state index in [2.05, 4.69) is 15.4 Å². The third-order valence-electron chi connectivity index (χ3n) is 2.50. The van der Waals surface area contributed by atoms with Gasteiger partial charge in [0.1, 0.15) is 12.1 Å². The summed E-state index contributed by atoms with van der Waals surface area (Å²) in [7, 11) is 0. The van der Waals surface area contributed by atoms with E-state index in [1.165, 1.54) is 0 Å². The predicted molar refractivity (Wildman–Crippen MR) is 57.2 cm³/mol. The highest BCUT2D eigenvalue weighted by Gasteiger charge is 2.18. The van der Waals surface area contributed by atoms with Crippen LogP contribution in [0.4, 0.5) is 0 Å². The summed E-state index contributed by atoms with van der Waals surface area (Å²) in [4.78, 5) is 0. The second kappa shape index (κ2) is 3.62. The summed E-state index contributed by atoms with van der Waals surface area (Å²) in [6, 6.07) is 0.0856. The van der Waals surface area contributed by atoms with E-state index in [0.29, 0.717) is 4.77 Å². The van der Waals surface area contributed by atoms with Gasteiger partial charge in [0.25, 0.3) is 0 Å². The Morgan fingerprint density at radius 2 is 2.27 bits per heavy atom. The van der Waals surface area contributed by atoms with Gasteiger partial charge in [0.15, 0.2) is 4.77 Å². The second-order valence-corrected chi connectivity index (χ2v) is 3.87. The minimum absolute atomic E-state index is 0.0856. The average Bonchev–Trinajstić information content (AvgIpc) is 2.73. The predicted octanol–water partition coefficient (Wildman–Crippen LogP) is 2.15. The molecule has 0 aliphatic rings. The summed E-state index contributed by atoms with van der Waals surface area (Å²) < 4.78 is 7.60. The number of H-pyrrole nitrogens is 1. The van der Waals surface area contributed by atoms with Crippen LogP contribution < -0.4 is 0 Å². The number of aromatic nitrogens is 4. The van der Waals surface area contributed by atoms with E-state index < -0.39 is 0 Å². The van der Waals surface area contributed by atoms with E-state index in [0.717, 1.165) is 17.0 Å². The number of aromatic amines is 1. The number of rotatable bonds is 2. The van der Waals surface area contributed by atoms with Crippen LogP contribution in [0.2, 0.25) is 0 Å². The molecule has 2 rings (SSSR count). The molecular formula is C9H12N4OS. The third-order valence-corrected chi connectivity index (χ3v) is 2.80. The fraction of sp³-hybridized carbons (Fsp3) is 0.444. The molecule has 0 amide bonds. The van der Waals surface area contributed by atoms with E-state index in [1.54, 1.807) is 6.33 Å². The lowest BCUT2D eigenvalue weighted by atomic mass is 10.1. The monoisotopic (exact) mass is 224 g/mol. The molecule has 6 heteroatoms. The molecule has 1 unspecified atom stereocenters. The molecule has 1 atom stereocenters. The molecule has 0 fully saturated rings. The summed E-state index contributed by atoms with van der Waals surface area (Å²) in [5, 5.41) is 10.5. The Bertz CT molecular complexity index is 505. The van der Waals surface area contributed by atoms with E-state index in [1.807, 2.05) is 25.3 Å². The minimum Gasteiger partial charge on any atom is -0.361 e. The Kier molecular flexibility index (Phi) is 2.44. The molecule has 0 spiro atoms. The average molecular weight is 224 g/mol. The highest BCUT2D eigenvalue weighted by atomic mass is 32.1. The van der Waals surface area contributed by atoms with Crippen molar-refractivity contribution in [2.75, 3.05) is 0 Å². The van der Waals surface area contributed by atoms with Gasteiger partial charge in [-0.25, -0.2) is 0 Å². The maximum atomic E-state index is 5.13. The molecule has 1 N–H and O–H groups in total. The van der Waals surface area contributed by atoms with Gasteiger partial charge >= 0.3 is 0 Å². The molecule has 0 saturated carbocycles. The molecule has 0 saturated heterocycles. The fourth-order valence-electron chi connectivity index (χ4n) is 1.76. The molecule has 2 heterocycles. The van der Waals surface area contributed by atoms with Gasteiger partial charge in [-0.2, -0.15) is 5.10 Å². The first-order valence-electron chi connectivity index (χ1n) is 4.65. The van der Waals surface area contributed by atoms with Crippen molar-refractivity contribution < 1.29 is 4.52 Å². The molecule has 0 aliphatic carbocycles. The third kappa shape index (κ3) is 1.61. The van der Waals surface area contributed by atoms with Crippen LogP contribution in [0.1, 0.15) is 30.0 Å². The quantitative estimate of drug-likeness (QED) is 0.794. The number of hydrogen-bond donors (Lipinski definition) is 1. The van der Waals surface area contributed by atoms with Crippen LogP contribution in [0.5, 0.6) is 0 Å². The zero-order valence-electron chi connectivity index (χ0n) is 8.81. The van der Waals surface area contributed by atoms with Crippen LogP contribution in [0.3, 0.4) is 0 Å². The zero-order valence-corrected chi connectivity index (χ0v) is 9.63. The Labute approximate surface area is 92.1 Å². The van der Waals surface area contributed by atoms with Gasteiger partial charge in [-0.3, -0.25) is 9.67 Å². The van der Waals surface area contributed by atoms with Gasteiger partial charge in [-0.1, -0.05) is 5.16 Å². The maximum Gasteiger partial charge on any atom is 0.195 e. The van der Waals surface area contributed by atoms with Crippen molar-refractivity contribution in [3.8, 4) is 0 Å². The molecule has 0 aliphatic heterocycles. The molecule has 2 aromatic heterocycles. The number of nitrogens with one attached hydrogen (secondary N) is 1. The first kappa shape index (κ1) is 10.1. The van der Waals surface area contributed by atoms with Crippen molar-refractivity contribution in [3.05, 3.63) is 28.1 Å². The lowest BCUT2D eigenvalue weighted by molar-refractivity contribution is 0.391. The van der Waals surface area contributed by atoms with Crippen molar-refractivity contribution in [1.29, 1.82) is 0 Å². The summed E-state index contributed by atoms with van der Waals surface area (Å²) in [6.07, 6.45) is 1.68. The molecular weight excluding hydrogens is 212 g/mol. The normalized spacial score (nSPS) is 13.0. The van der Waals surface area contributed by atoms with Crippen LogP contribution >= 0.6 is 12.2 Å². The number of nitrogens with zero attached hydrogens (tertiary/aromatic N) is 3. The molecule has 0 radical (unpaired) electrons. The Morgan fingerprint density at radius 3 is 2.73 bits per heavy atom. The first-order valence-corrected chi connectivity index (χ1v) is 5.06. The van der Waals surface area contributed by atoms with Crippen LogP contribution in [0.25, 0.3) is 0 Å². The van der Waals surface area contributed by atoms with Gasteiger partial charge in [0.05, 0.1) is 11.7 Å². The smallest absolute Gasteiger partial charge is 0.195 e. The number of aryl methyl sites for hydroxylation is 2. The van der Waals surface area contributed by atoms with Gasteiger partial charge in [0, 0.05) is 5.56 Å². The van der Waals surface area contributed by atoms with E-state index in [9.17, 15) is 0 Å². The molecule has 80 valence electrons. The van der Waals surface area contributed by atoms with Crippen molar-refractivity contribution in [2.45, 2.75) is 26.8 Å². The Balaban J connectivity index is 2.49. The van der Waals surface area contributed by atoms with Crippen LogP contribution in [-0.2, 0) is 0 Å². The van der Waals surface area contributed by atoms with Crippen molar-refractivity contribution in [1.82, 2.24) is 19.9 Å². The van der Waals surface area contributed by atoms with E-state index in [-0.39, 0.29) is 6.04 Å². The SMILES string of the molecule is Cc1noc(C)c1C(C)n1cn[nH]c1=S. The number of hydrogen-bond acceptors (Lipinski definition) is 4. The Morgan fingerprint density at radius 1 is 1.53 bits per heavy atom. The van der Waals surface area contributed by atoms with Crippen LogP contribution in [0, 0.1) is 18.6 Å². The molecule has 5 nitrogen and oxygen atoms in total. The summed E-state index contributed by atoms with van der Waals surface area (Å²) in [5.41, 5.74) is 1.95. The van der Waals surface area contributed by atoms with Crippen LogP contribution in [0.15, 0.2) is 10.9 Å². The first-order chi connectivity index (χ1) is 7.11. The molecule has 0 bridgehead atoms. The highest BCUT2D eigenvalue weighted by Crippen LogP contribution is 2.24. The molecule has 0 aromatic carbocycles. The lowest BCUT2D eigenvalue weighted by Crippen LogP contribution is -2.07. The van der Waals surface area contributed by atoms with Gasteiger partial charge in [-0.05, 0) is 33.0 Å². The fourth-order valence-corrected chi connectivity index (χ4v) is 2.02. The summed E-state index contributed by atoms with van der Waals surface area (Å²) in [5.74, 6) is 0.822. The molecule has 15 heavy (non-hydrogen) atoms. The lowest BCUT2D eigenvalue weighted by Gasteiger charge is -2.11. The molecule has 2 aromatic rings. The minimum atomic E-state index is 0.0856. The largest absolute Gasteiger partial charge is 0.361 e. The summed E-state index contributed by atoms with van der Waals surface area (Å²) >= 11 is 5.12. The van der Waals surface area contributed by atoms with Crippen molar-refractivity contribution in [2.24, 2.45) is 0 Å². The van der Waals surface area contributed by atoms with Gasteiger partial charge in [-0.15, -0.1) is 0 Å². The van der Waals surface area contributed by atoms with Gasteiger partial charge in [0.2, 0.25) is 0 Å². The zero-order chi connectivity index (χ0) is 11.0. The standard InChI is InChI=1S/C9H12N4OS/c1-5-8(7(3)14-12-5)6(2)13-4-10-11-9(13)15/h4,6H,1-3H3,(H,11,15). The van der Waals surface area contributed by atoms with E-state index in [4.69, 9.17) is 16.7 Å². The maximum absolute atomic E-state index is 5.13. The Hall–Kier alpha value is -1.43. The second-order valence-electron chi connectivity index (χ2n) is 3.48. The summed E-state index contributed by atoms with van der Waals surface area (Å²) in [6.45, 7) is 5.86. The van der Waals surface area contributed by atoms with Gasteiger partial charge < -0.3 is 4.52 Å². The van der Waals surface area contributed by atoms with Crippen LogP contribution in [-0.4, -0.2) is 19.9 Å². The highest BCUT2D eigenvalue weighted by molar-refractivity contribution is 7.71. The van der Waals surface area contributed by atoms with E-state index >= 15 is 0 Å². The topological polar surface area (TPSA) is 59.6 Å². The van der Waals surface area contributed by atoms with Crippen molar-refractivity contribution in [3.63, 3.8) is 0 Å². The van der Waals surface area contributed by atoms with Crippen molar-refractivity contribution >= 4 is 12.2 Å².